The summed E-state index contributed by atoms with van der Waals surface area (Å²) in [5, 5.41) is 0. The van der Waals surface area contributed by atoms with Crippen molar-refractivity contribution < 1.29 is 14.3 Å². The molecule has 0 bridgehead atoms. The Morgan fingerprint density at radius 2 is 1.38 bits per heavy atom. The third-order valence-corrected chi connectivity index (χ3v) is 4.08. The van der Waals surface area contributed by atoms with Crippen molar-refractivity contribution >= 4 is 5.97 Å². The van der Waals surface area contributed by atoms with Crippen LogP contribution in [0.3, 0.4) is 0 Å². The number of hydrogen-bond acceptors (Lipinski definition) is 3. The number of aryl methyl sites for hydroxylation is 2. The van der Waals surface area contributed by atoms with Crippen molar-refractivity contribution in [3.8, 4) is 5.75 Å². The quantitative estimate of drug-likeness (QED) is 0.573. The Labute approximate surface area is 154 Å². The molecule has 0 heterocycles. The van der Waals surface area contributed by atoms with Gasteiger partial charge in [-0.25, -0.2) is 4.79 Å². The second-order valence-electron chi connectivity index (χ2n) is 6.29. The molecule has 0 aliphatic heterocycles. The normalized spacial score (nSPS) is 10.4. The molecule has 0 amide bonds. The van der Waals surface area contributed by atoms with E-state index in [0.717, 1.165) is 22.3 Å². The first kappa shape index (κ1) is 17.7. The van der Waals surface area contributed by atoms with Crippen LogP contribution >= 0.6 is 0 Å². The van der Waals surface area contributed by atoms with Crippen LogP contribution in [0.2, 0.25) is 0 Å². The summed E-state index contributed by atoms with van der Waals surface area (Å²) < 4.78 is 11.5. The van der Waals surface area contributed by atoms with Gasteiger partial charge in [0.25, 0.3) is 0 Å². The van der Waals surface area contributed by atoms with Crippen molar-refractivity contribution in [1.29, 1.82) is 0 Å². The Morgan fingerprint density at radius 1 is 0.808 bits per heavy atom. The number of ether oxygens (including phenoxy) is 2. The van der Waals surface area contributed by atoms with E-state index in [1.54, 1.807) is 0 Å². The zero-order valence-electron chi connectivity index (χ0n) is 15.1. The lowest BCUT2D eigenvalue weighted by Gasteiger charge is -2.15. The predicted octanol–water partition coefficient (Wildman–Crippen LogP) is 5.24. The summed E-state index contributed by atoms with van der Waals surface area (Å²) in [5.74, 6) is 0.209. The van der Waals surface area contributed by atoms with Crippen LogP contribution in [0.1, 0.15) is 32.6 Å². The highest BCUT2D eigenvalue weighted by Gasteiger charge is 2.17. The van der Waals surface area contributed by atoms with Crippen LogP contribution in [0, 0.1) is 13.8 Å². The summed E-state index contributed by atoms with van der Waals surface area (Å²) in [6.45, 7) is 4.55. The lowest BCUT2D eigenvalue weighted by molar-refractivity contribution is 0.0467. The molecule has 0 unspecified atom stereocenters. The summed E-state index contributed by atoms with van der Waals surface area (Å²) >= 11 is 0. The molecule has 0 N–H and O–H groups in total. The van der Waals surface area contributed by atoms with Crippen LogP contribution in [-0.4, -0.2) is 5.97 Å². The van der Waals surface area contributed by atoms with Gasteiger partial charge in [-0.2, -0.15) is 0 Å². The third kappa shape index (κ3) is 4.51. The molecular formula is C23H22O3. The van der Waals surface area contributed by atoms with E-state index >= 15 is 0 Å². The summed E-state index contributed by atoms with van der Waals surface area (Å²) in [5.41, 5.74) is 4.40. The van der Waals surface area contributed by atoms with E-state index in [1.165, 1.54) is 0 Å². The molecule has 132 valence electrons. The average Bonchev–Trinajstić information content (AvgIpc) is 2.66. The Balaban J connectivity index is 1.77. The van der Waals surface area contributed by atoms with E-state index in [9.17, 15) is 4.79 Å². The van der Waals surface area contributed by atoms with Crippen molar-refractivity contribution in [3.63, 3.8) is 0 Å². The van der Waals surface area contributed by atoms with E-state index in [0.29, 0.717) is 17.9 Å². The second-order valence-corrected chi connectivity index (χ2v) is 6.29. The van der Waals surface area contributed by atoms with Gasteiger partial charge in [0.1, 0.15) is 24.5 Å². The summed E-state index contributed by atoms with van der Waals surface area (Å²) in [6, 6.07) is 23.4. The highest BCUT2D eigenvalue weighted by molar-refractivity contribution is 5.93. The van der Waals surface area contributed by atoms with Gasteiger partial charge >= 0.3 is 5.97 Å². The zero-order chi connectivity index (χ0) is 18.4. The minimum absolute atomic E-state index is 0.241. The second kappa shape index (κ2) is 8.34. The number of esters is 1. The van der Waals surface area contributed by atoms with Crippen LogP contribution in [0.25, 0.3) is 0 Å². The van der Waals surface area contributed by atoms with Gasteiger partial charge in [-0.3, -0.25) is 0 Å². The molecule has 3 rings (SSSR count). The van der Waals surface area contributed by atoms with Crippen molar-refractivity contribution in [2.75, 3.05) is 0 Å². The van der Waals surface area contributed by atoms with Crippen LogP contribution in [0.15, 0.2) is 72.8 Å². The maximum absolute atomic E-state index is 12.7. The molecule has 3 aromatic carbocycles. The largest absolute Gasteiger partial charge is 0.488 e. The molecular weight excluding hydrogens is 324 g/mol. The molecule has 0 saturated heterocycles. The molecule has 0 spiro atoms. The van der Waals surface area contributed by atoms with Gasteiger partial charge in [-0.05, 0) is 42.2 Å². The molecule has 3 heteroatoms. The fourth-order valence-electron chi connectivity index (χ4n) is 2.83. The van der Waals surface area contributed by atoms with Gasteiger partial charge in [0.2, 0.25) is 0 Å². The van der Waals surface area contributed by atoms with E-state index in [2.05, 4.69) is 0 Å². The maximum Gasteiger partial charge on any atom is 0.342 e. The first-order chi connectivity index (χ1) is 12.6. The van der Waals surface area contributed by atoms with E-state index in [1.807, 2.05) is 86.6 Å². The fraction of sp³-hybridized carbons (Fsp3) is 0.174. The number of carbonyl (C=O) groups is 1. The number of carbonyl (C=O) groups excluding carboxylic acids is 1. The van der Waals surface area contributed by atoms with Gasteiger partial charge in [0.15, 0.2) is 0 Å². The topological polar surface area (TPSA) is 35.5 Å². The Morgan fingerprint density at radius 3 is 2.00 bits per heavy atom. The van der Waals surface area contributed by atoms with Crippen LogP contribution < -0.4 is 4.74 Å². The van der Waals surface area contributed by atoms with Gasteiger partial charge in [0, 0.05) is 0 Å². The minimum atomic E-state index is -0.372. The van der Waals surface area contributed by atoms with Crippen molar-refractivity contribution in [3.05, 3.63) is 101 Å². The lowest BCUT2D eigenvalue weighted by atomic mass is 10.1. The van der Waals surface area contributed by atoms with Gasteiger partial charge in [-0.15, -0.1) is 0 Å². The number of hydrogen-bond donors (Lipinski definition) is 0. The summed E-state index contributed by atoms with van der Waals surface area (Å²) in [7, 11) is 0. The van der Waals surface area contributed by atoms with Crippen molar-refractivity contribution in [2.45, 2.75) is 27.1 Å². The third-order valence-electron chi connectivity index (χ3n) is 4.08. The molecule has 0 atom stereocenters. The zero-order valence-corrected chi connectivity index (χ0v) is 15.1. The Bertz CT molecular complexity index is 871. The van der Waals surface area contributed by atoms with Gasteiger partial charge in [0.05, 0.1) is 0 Å². The molecule has 0 fully saturated rings. The SMILES string of the molecule is Cc1cc(C)c(OCc2ccccc2)c(C(=O)OCc2ccccc2)c1. The predicted molar refractivity (Wildman–Crippen MR) is 102 cm³/mol. The highest BCUT2D eigenvalue weighted by atomic mass is 16.5. The monoisotopic (exact) mass is 346 g/mol. The van der Waals surface area contributed by atoms with Gasteiger partial charge in [-0.1, -0.05) is 66.7 Å². The van der Waals surface area contributed by atoms with E-state index in [-0.39, 0.29) is 12.6 Å². The first-order valence-corrected chi connectivity index (χ1v) is 8.62. The molecule has 3 nitrogen and oxygen atoms in total. The standard InChI is InChI=1S/C23H22O3/c1-17-13-18(2)22(25-15-19-9-5-3-6-10-19)21(14-17)23(24)26-16-20-11-7-4-8-12-20/h3-14H,15-16H2,1-2H3. The highest BCUT2D eigenvalue weighted by Crippen LogP contribution is 2.27. The molecule has 0 aromatic heterocycles. The van der Waals surface area contributed by atoms with Crippen molar-refractivity contribution in [1.82, 2.24) is 0 Å². The first-order valence-electron chi connectivity index (χ1n) is 8.62. The number of benzene rings is 3. The summed E-state index contributed by atoms with van der Waals surface area (Å²) in [6.07, 6.45) is 0. The van der Waals surface area contributed by atoms with Gasteiger partial charge < -0.3 is 9.47 Å². The molecule has 0 radical (unpaired) electrons. The molecule has 3 aromatic rings. The Hall–Kier alpha value is -3.07. The smallest absolute Gasteiger partial charge is 0.342 e. The fourth-order valence-corrected chi connectivity index (χ4v) is 2.83. The van der Waals surface area contributed by atoms with E-state index in [4.69, 9.17) is 9.47 Å². The lowest BCUT2D eigenvalue weighted by Crippen LogP contribution is -2.10. The minimum Gasteiger partial charge on any atom is -0.488 e. The van der Waals surface area contributed by atoms with Crippen LogP contribution in [0.4, 0.5) is 0 Å². The average molecular weight is 346 g/mol. The van der Waals surface area contributed by atoms with E-state index < -0.39 is 0 Å². The molecule has 26 heavy (non-hydrogen) atoms. The molecule has 0 aliphatic rings. The molecule has 0 aliphatic carbocycles. The number of rotatable bonds is 6. The van der Waals surface area contributed by atoms with Crippen LogP contribution in [-0.2, 0) is 18.0 Å². The molecule has 0 saturated carbocycles. The van der Waals surface area contributed by atoms with Crippen molar-refractivity contribution in [2.24, 2.45) is 0 Å². The van der Waals surface area contributed by atoms with Crippen LogP contribution in [0.5, 0.6) is 5.75 Å². The maximum atomic E-state index is 12.7. The Kier molecular flexibility index (Phi) is 5.69. The summed E-state index contributed by atoms with van der Waals surface area (Å²) in [4.78, 5) is 12.7.